The maximum Gasteiger partial charge on any atom is 0.160 e. The summed E-state index contributed by atoms with van der Waals surface area (Å²) in [7, 11) is 3.24. The predicted octanol–water partition coefficient (Wildman–Crippen LogP) is 5.25. The Morgan fingerprint density at radius 1 is 1.13 bits per heavy atom. The molecular weight excluding hydrogens is 289 g/mol. The largest absolute Gasteiger partial charge is 0.237 e. The van der Waals surface area contributed by atoms with Crippen molar-refractivity contribution in [3.63, 3.8) is 0 Å². The third kappa shape index (κ3) is 3.29. The third-order valence-corrected chi connectivity index (χ3v) is 5.75. The van der Waals surface area contributed by atoms with Gasteiger partial charge in [-0.3, -0.25) is 0 Å². The number of thiazole rings is 1. The molecule has 0 radical (unpaired) electrons. The minimum absolute atomic E-state index is 0.584. The SMILES string of the molecule is Clc1ccc(SSc2nccs2)cc1Cl. The zero-order valence-corrected chi connectivity index (χ0v) is 11.3. The highest BCUT2D eigenvalue weighted by Gasteiger charge is 2.02. The molecule has 0 amide bonds. The van der Waals surface area contributed by atoms with E-state index in [1.807, 2.05) is 17.5 Å². The molecule has 2 rings (SSSR count). The van der Waals surface area contributed by atoms with Crippen molar-refractivity contribution < 1.29 is 0 Å². The molecule has 0 saturated carbocycles. The van der Waals surface area contributed by atoms with Crippen LogP contribution in [0.4, 0.5) is 0 Å². The number of hydrogen-bond donors (Lipinski definition) is 0. The number of nitrogens with zero attached hydrogens (tertiary/aromatic N) is 1. The van der Waals surface area contributed by atoms with E-state index < -0.39 is 0 Å². The topological polar surface area (TPSA) is 12.9 Å². The first kappa shape index (κ1) is 11.6. The molecular formula is C9H5Cl2NS3. The van der Waals surface area contributed by atoms with Gasteiger partial charge in [-0.25, -0.2) is 4.98 Å². The van der Waals surface area contributed by atoms with Crippen LogP contribution in [0.15, 0.2) is 39.0 Å². The van der Waals surface area contributed by atoms with E-state index in [1.165, 1.54) is 0 Å². The van der Waals surface area contributed by atoms with Gasteiger partial charge < -0.3 is 0 Å². The van der Waals surface area contributed by atoms with Crippen LogP contribution in [0.3, 0.4) is 0 Å². The fraction of sp³-hybridized carbons (Fsp3) is 0. The van der Waals surface area contributed by atoms with Crippen LogP contribution >= 0.6 is 56.1 Å². The van der Waals surface area contributed by atoms with Crippen LogP contribution in [0.5, 0.6) is 0 Å². The molecule has 0 fully saturated rings. The third-order valence-electron chi connectivity index (χ3n) is 1.51. The van der Waals surface area contributed by atoms with Gasteiger partial charge >= 0.3 is 0 Å². The van der Waals surface area contributed by atoms with Crippen LogP contribution in [0.2, 0.25) is 10.0 Å². The van der Waals surface area contributed by atoms with Crippen molar-refractivity contribution in [1.82, 2.24) is 4.98 Å². The smallest absolute Gasteiger partial charge is 0.160 e. The molecule has 0 spiro atoms. The van der Waals surface area contributed by atoms with Crippen LogP contribution in [-0.2, 0) is 0 Å². The van der Waals surface area contributed by atoms with E-state index in [-0.39, 0.29) is 0 Å². The van der Waals surface area contributed by atoms with E-state index in [4.69, 9.17) is 23.2 Å². The highest BCUT2D eigenvalue weighted by atomic mass is 35.5. The molecule has 0 aliphatic carbocycles. The van der Waals surface area contributed by atoms with Crippen LogP contribution in [0.1, 0.15) is 0 Å². The van der Waals surface area contributed by atoms with Crippen molar-refractivity contribution in [1.29, 1.82) is 0 Å². The van der Waals surface area contributed by atoms with Gasteiger partial charge in [0.25, 0.3) is 0 Å². The highest BCUT2D eigenvalue weighted by Crippen LogP contribution is 2.39. The van der Waals surface area contributed by atoms with Gasteiger partial charge in [-0.1, -0.05) is 34.0 Å². The molecule has 2 aromatic rings. The van der Waals surface area contributed by atoms with E-state index >= 15 is 0 Å². The Labute approximate surface area is 110 Å². The fourth-order valence-corrected chi connectivity index (χ4v) is 4.07. The van der Waals surface area contributed by atoms with Crippen LogP contribution in [-0.4, -0.2) is 4.98 Å². The summed E-state index contributed by atoms with van der Waals surface area (Å²) in [6.45, 7) is 0. The quantitative estimate of drug-likeness (QED) is 0.718. The first-order chi connectivity index (χ1) is 7.25. The highest BCUT2D eigenvalue weighted by molar-refractivity contribution is 8.77. The number of benzene rings is 1. The van der Waals surface area contributed by atoms with E-state index in [2.05, 4.69) is 4.98 Å². The molecule has 1 aromatic carbocycles. The van der Waals surface area contributed by atoms with Gasteiger partial charge in [-0.2, -0.15) is 0 Å². The van der Waals surface area contributed by atoms with E-state index in [0.717, 1.165) is 9.24 Å². The summed E-state index contributed by atoms with van der Waals surface area (Å²) < 4.78 is 1.03. The first-order valence-corrected chi connectivity index (χ1v) is 7.73. The second-order valence-corrected chi connectivity index (χ2v) is 6.70. The Morgan fingerprint density at radius 3 is 2.67 bits per heavy atom. The van der Waals surface area contributed by atoms with Crippen molar-refractivity contribution in [3.8, 4) is 0 Å². The molecule has 6 heteroatoms. The Kier molecular flexibility index (Phi) is 4.22. The Bertz CT molecular complexity index is 445. The molecule has 1 heterocycles. The molecule has 15 heavy (non-hydrogen) atoms. The number of rotatable bonds is 3. The normalized spacial score (nSPS) is 10.5. The van der Waals surface area contributed by atoms with Crippen LogP contribution in [0, 0.1) is 0 Å². The maximum absolute atomic E-state index is 5.91. The summed E-state index contributed by atoms with van der Waals surface area (Å²) in [5.74, 6) is 0. The van der Waals surface area contributed by atoms with Gasteiger partial charge in [0.15, 0.2) is 4.34 Å². The summed E-state index contributed by atoms with van der Waals surface area (Å²) in [4.78, 5) is 5.25. The summed E-state index contributed by atoms with van der Waals surface area (Å²) in [5.41, 5.74) is 0. The fourth-order valence-electron chi connectivity index (χ4n) is 0.864. The van der Waals surface area contributed by atoms with Crippen molar-refractivity contribution in [2.75, 3.05) is 0 Å². The molecule has 0 bridgehead atoms. The van der Waals surface area contributed by atoms with E-state index in [9.17, 15) is 0 Å². The maximum atomic E-state index is 5.91. The number of halogens is 2. The number of hydrogen-bond acceptors (Lipinski definition) is 4. The van der Waals surface area contributed by atoms with Crippen molar-refractivity contribution in [2.24, 2.45) is 0 Å². The molecule has 1 nitrogen and oxygen atoms in total. The molecule has 0 saturated heterocycles. The van der Waals surface area contributed by atoms with Crippen molar-refractivity contribution in [3.05, 3.63) is 39.8 Å². The van der Waals surface area contributed by atoms with E-state index in [0.29, 0.717) is 10.0 Å². The Hall–Kier alpha value is 0.130. The molecule has 0 aliphatic rings. The van der Waals surface area contributed by atoms with Gasteiger partial charge in [0.05, 0.1) is 10.0 Å². The van der Waals surface area contributed by atoms with Gasteiger partial charge in [0, 0.05) is 16.5 Å². The molecule has 0 unspecified atom stereocenters. The Balaban J connectivity index is 2.02. The van der Waals surface area contributed by atoms with Crippen molar-refractivity contribution >= 4 is 56.1 Å². The lowest BCUT2D eigenvalue weighted by Gasteiger charge is -2.00. The Morgan fingerprint density at radius 2 is 2.00 bits per heavy atom. The molecule has 78 valence electrons. The second-order valence-electron chi connectivity index (χ2n) is 2.54. The lowest BCUT2D eigenvalue weighted by atomic mass is 10.4. The van der Waals surface area contributed by atoms with Gasteiger partial charge in [-0.15, -0.1) is 11.3 Å². The summed E-state index contributed by atoms with van der Waals surface area (Å²) in [5, 5.41) is 3.12. The molecule has 0 aliphatic heterocycles. The summed E-state index contributed by atoms with van der Waals surface area (Å²) >= 11 is 13.4. The predicted molar refractivity (Wildman–Crippen MR) is 70.3 cm³/mol. The zero-order chi connectivity index (χ0) is 10.7. The molecule has 0 atom stereocenters. The summed E-state index contributed by atoms with van der Waals surface area (Å²) in [6.07, 6.45) is 1.79. The molecule has 0 N–H and O–H groups in total. The summed E-state index contributed by atoms with van der Waals surface area (Å²) in [6, 6.07) is 5.60. The van der Waals surface area contributed by atoms with Crippen molar-refractivity contribution in [2.45, 2.75) is 9.24 Å². The monoisotopic (exact) mass is 293 g/mol. The van der Waals surface area contributed by atoms with Crippen LogP contribution < -0.4 is 0 Å². The van der Waals surface area contributed by atoms with Gasteiger partial charge in [0.2, 0.25) is 0 Å². The second kappa shape index (κ2) is 5.46. The lowest BCUT2D eigenvalue weighted by Crippen LogP contribution is -1.71. The number of aromatic nitrogens is 1. The van der Waals surface area contributed by atoms with E-state index in [1.54, 1.807) is 45.2 Å². The average molecular weight is 294 g/mol. The zero-order valence-electron chi connectivity index (χ0n) is 7.31. The lowest BCUT2D eigenvalue weighted by molar-refractivity contribution is 1.26. The molecule has 1 aromatic heterocycles. The van der Waals surface area contributed by atoms with Crippen LogP contribution in [0.25, 0.3) is 0 Å². The van der Waals surface area contributed by atoms with Gasteiger partial charge in [-0.05, 0) is 29.0 Å². The first-order valence-electron chi connectivity index (χ1n) is 3.95. The average Bonchev–Trinajstić information content (AvgIpc) is 2.73. The minimum atomic E-state index is 0.584. The van der Waals surface area contributed by atoms with Gasteiger partial charge in [0.1, 0.15) is 0 Å². The minimum Gasteiger partial charge on any atom is -0.237 e. The standard InChI is InChI=1S/C9H5Cl2NS3/c10-7-2-1-6(5-8(7)11)14-15-9-12-3-4-13-9/h1-5H.